The lowest BCUT2D eigenvalue weighted by Gasteiger charge is -2.22. The molecule has 2 fully saturated rings. The van der Waals surface area contributed by atoms with Crippen molar-refractivity contribution in [3.05, 3.63) is 0 Å². The molecule has 2 bridgehead atoms. The Morgan fingerprint density at radius 1 is 1.41 bits per heavy atom. The van der Waals surface area contributed by atoms with Gasteiger partial charge in [0.2, 0.25) is 5.91 Å². The molecular formula is C14H25NO2. The van der Waals surface area contributed by atoms with Crippen molar-refractivity contribution < 1.29 is 9.90 Å². The largest absolute Gasteiger partial charge is 0.396 e. The number of rotatable bonds is 6. The maximum Gasteiger partial charge on any atom is 0.220 e. The molecule has 0 heterocycles. The van der Waals surface area contributed by atoms with Gasteiger partial charge in [-0.05, 0) is 49.9 Å². The van der Waals surface area contributed by atoms with Crippen LogP contribution in [0.4, 0.5) is 0 Å². The second-order valence-electron chi connectivity index (χ2n) is 5.82. The number of aliphatic hydroxyl groups excluding tert-OH is 1. The van der Waals surface area contributed by atoms with Crippen LogP contribution in [0.2, 0.25) is 0 Å². The fourth-order valence-corrected chi connectivity index (χ4v) is 3.69. The van der Waals surface area contributed by atoms with Crippen LogP contribution in [-0.4, -0.2) is 23.7 Å². The van der Waals surface area contributed by atoms with Gasteiger partial charge in [0.15, 0.2) is 0 Å². The molecular weight excluding hydrogens is 214 g/mol. The molecule has 0 aromatic heterocycles. The summed E-state index contributed by atoms with van der Waals surface area (Å²) in [6.07, 6.45) is 7.67. The summed E-state index contributed by atoms with van der Waals surface area (Å²) < 4.78 is 0. The van der Waals surface area contributed by atoms with Gasteiger partial charge >= 0.3 is 0 Å². The van der Waals surface area contributed by atoms with Gasteiger partial charge in [0, 0.05) is 19.1 Å². The van der Waals surface area contributed by atoms with Crippen LogP contribution in [0.15, 0.2) is 0 Å². The topological polar surface area (TPSA) is 49.3 Å². The Bertz CT molecular complexity index is 267. The average Bonchev–Trinajstić information content (AvgIpc) is 2.90. The van der Waals surface area contributed by atoms with Crippen LogP contribution in [0, 0.1) is 17.8 Å². The van der Waals surface area contributed by atoms with Crippen molar-refractivity contribution in [1.29, 1.82) is 0 Å². The van der Waals surface area contributed by atoms with Crippen LogP contribution in [0.3, 0.4) is 0 Å². The SMILES string of the molecule is CCC(CCO)NC(=O)CC1CC2CCC1C2. The Labute approximate surface area is 104 Å². The van der Waals surface area contributed by atoms with E-state index in [0.29, 0.717) is 18.8 Å². The van der Waals surface area contributed by atoms with Crippen molar-refractivity contribution >= 4 is 5.91 Å². The predicted molar refractivity (Wildman–Crippen MR) is 67.5 cm³/mol. The highest BCUT2D eigenvalue weighted by molar-refractivity contribution is 5.76. The van der Waals surface area contributed by atoms with E-state index >= 15 is 0 Å². The molecule has 3 nitrogen and oxygen atoms in total. The fraction of sp³-hybridized carbons (Fsp3) is 0.929. The summed E-state index contributed by atoms with van der Waals surface area (Å²) in [5, 5.41) is 12.0. The molecule has 0 aromatic carbocycles. The summed E-state index contributed by atoms with van der Waals surface area (Å²) in [5.74, 6) is 2.57. The lowest BCUT2D eigenvalue weighted by Crippen LogP contribution is -2.36. The summed E-state index contributed by atoms with van der Waals surface area (Å²) in [6.45, 7) is 2.21. The molecule has 1 amide bonds. The molecule has 3 heteroatoms. The van der Waals surface area contributed by atoms with Crippen LogP contribution < -0.4 is 5.32 Å². The molecule has 2 saturated carbocycles. The van der Waals surface area contributed by atoms with Crippen LogP contribution in [0.25, 0.3) is 0 Å². The van der Waals surface area contributed by atoms with E-state index in [-0.39, 0.29) is 18.6 Å². The van der Waals surface area contributed by atoms with E-state index in [9.17, 15) is 4.79 Å². The first-order chi connectivity index (χ1) is 8.22. The molecule has 0 aromatic rings. The zero-order chi connectivity index (χ0) is 12.3. The van der Waals surface area contributed by atoms with Crippen molar-refractivity contribution in [2.75, 3.05) is 6.61 Å². The molecule has 98 valence electrons. The normalized spacial score (nSPS) is 32.7. The van der Waals surface area contributed by atoms with Gasteiger partial charge in [0.25, 0.3) is 0 Å². The van der Waals surface area contributed by atoms with E-state index in [2.05, 4.69) is 12.2 Å². The van der Waals surface area contributed by atoms with Gasteiger partial charge in [0.05, 0.1) is 0 Å². The van der Waals surface area contributed by atoms with Gasteiger partial charge in [-0.3, -0.25) is 4.79 Å². The summed E-state index contributed by atoms with van der Waals surface area (Å²) in [7, 11) is 0. The van der Waals surface area contributed by atoms with Gasteiger partial charge in [-0.15, -0.1) is 0 Å². The van der Waals surface area contributed by atoms with Crippen molar-refractivity contribution in [2.45, 2.75) is 57.9 Å². The third-order valence-electron chi connectivity index (χ3n) is 4.67. The van der Waals surface area contributed by atoms with Crippen LogP contribution in [0.5, 0.6) is 0 Å². The van der Waals surface area contributed by atoms with E-state index in [1.165, 1.54) is 25.7 Å². The smallest absolute Gasteiger partial charge is 0.220 e. The Morgan fingerprint density at radius 3 is 2.76 bits per heavy atom. The van der Waals surface area contributed by atoms with Crippen LogP contribution >= 0.6 is 0 Å². The molecule has 2 N–H and O–H groups in total. The maximum absolute atomic E-state index is 11.9. The Hall–Kier alpha value is -0.570. The third-order valence-corrected chi connectivity index (χ3v) is 4.67. The highest BCUT2D eigenvalue weighted by atomic mass is 16.3. The third kappa shape index (κ3) is 3.21. The Kier molecular flexibility index (Phi) is 4.43. The number of aliphatic hydroxyl groups is 1. The Morgan fingerprint density at radius 2 is 2.24 bits per heavy atom. The molecule has 17 heavy (non-hydrogen) atoms. The van der Waals surface area contributed by atoms with Gasteiger partial charge in [-0.2, -0.15) is 0 Å². The molecule has 0 spiro atoms. The van der Waals surface area contributed by atoms with Gasteiger partial charge < -0.3 is 10.4 Å². The summed E-state index contributed by atoms with van der Waals surface area (Å²) in [4.78, 5) is 11.9. The number of hydrogen-bond acceptors (Lipinski definition) is 2. The molecule has 0 aliphatic heterocycles. The maximum atomic E-state index is 11.9. The van der Waals surface area contributed by atoms with E-state index in [4.69, 9.17) is 5.11 Å². The molecule has 4 unspecified atom stereocenters. The minimum atomic E-state index is 0.158. The first kappa shape index (κ1) is 12.9. The van der Waals surface area contributed by atoms with Gasteiger partial charge in [-0.25, -0.2) is 0 Å². The number of hydrogen-bond donors (Lipinski definition) is 2. The first-order valence-electron chi connectivity index (χ1n) is 7.13. The monoisotopic (exact) mass is 239 g/mol. The number of carbonyl (C=O) groups is 1. The lowest BCUT2D eigenvalue weighted by molar-refractivity contribution is -0.123. The number of nitrogens with one attached hydrogen (secondary N) is 1. The average molecular weight is 239 g/mol. The standard InChI is InChI=1S/C14H25NO2/c1-2-13(5-6-16)15-14(17)9-12-8-10-3-4-11(12)7-10/h10-13,16H,2-9H2,1H3,(H,15,17). The number of carbonyl (C=O) groups excluding carboxylic acids is 1. The minimum absolute atomic E-state index is 0.158. The van der Waals surface area contributed by atoms with Gasteiger partial charge in [-0.1, -0.05) is 13.3 Å². The molecule has 4 atom stereocenters. The Balaban J connectivity index is 1.73. The van der Waals surface area contributed by atoms with Gasteiger partial charge in [0.1, 0.15) is 0 Å². The number of fused-ring (bicyclic) bond motifs is 2. The lowest BCUT2D eigenvalue weighted by atomic mass is 9.86. The molecule has 0 saturated heterocycles. The molecule has 2 aliphatic rings. The second-order valence-corrected chi connectivity index (χ2v) is 5.82. The second kappa shape index (κ2) is 5.85. The van der Waals surface area contributed by atoms with Crippen molar-refractivity contribution in [1.82, 2.24) is 5.32 Å². The van der Waals surface area contributed by atoms with Crippen LogP contribution in [-0.2, 0) is 4.79 Å². The van der Waals surface area contributed by atoms with E-state index in [0.717, 1.165) is 18.3 Å². The van der Waals surface area contributed by atoms with E-state index in [1.54, 1.807) is 0 Å². The van der Waals surface area contributed by atoms with E-state index in [1.807, 2.05) is 0 Å². The molecule has 2 rings (SSSR count). The van der Waals surface area contributed by atoms with Crippen molar-refractivity contribution in [3.8, 4) is 0 Å². The zero-order valence-electron chi connectivity index (χ0n) is 10.8. The summed E-state index contributed by atoms with van der Waals surface area (Å²) >= 11 is 0. The zero-order valence-corrected chi connectivity index (χ0v) is 10.8. The first-order valence-corrected chi connectivity index (χ1v) is 7.13. The minimum Gasteiger partial charge on any atom is -0.396 e. The predicted octanol–water partition coefficient (Wildman–Crippen LogP) is 2.09. The summed E-state index contributed by atoms with van der Waals surface area (Å²) in [5.41, 5.74) is 0. The number of amides is 1. The highest BCUT2D eigenvalue weighted by Gasteiger charge is 2.40. The summed E-state index contributed by atoms with van der Waals surface area (Å²) in [6, 6.07) is 0.158. The fourth-order valence-electron chi connectivity index (χ4n) is 3.69. The molecule has 0 radical (unpaired) electrons. The van der Waals surface area contributed by atoms with Crippen LogP contribution in [0.1, 0.15) is 51.9 Å². The van der Waals surface area contributed by atoms with Crippen molar-refractivity contribution in [3.63, 3.8) is 0 Å². The van der Waals surface area contributed by atoms with E-state index < -0.39 is 0 Å². The quantitative estimate of drug-likeness (QED) is 0.745. The highest BCUT2D eigenvalue weighted by Crippen LogP contribution is 2.49. The van der Waals surface area contributed by atoms with Crippen molar-refractivity contribution in [2.24, 2.45) is 17.8 Å². The molecule has 2 aliphatic carbocycles.